The summed E-state index contributed by atoms with van der Waals surface area (Å²) < 4.78 is 2.31. The first-order valence-electron chi connectivity index (χ1n) is 13.7. The summed E-state index contributed by atoms with van der Waals surface area (Å²) in [4.78, 5) is 13.8. The molecule has 0 radical (unpaired) electrons. The molecule has 1 heterocycles. The largest absolute Gasteiger partial charge is 0.394 e. The molecule has 5 rings (SSSR count). The maximum Gasteiger partial charge on any atom is 0.228 e. The number of hydrogen-bond donors (Lipinski definition) is 2. The van der Waals surface area contributed by atoms with Crippen molar-refractivity contribution in [3.05, 3.63) is 107 Å². The van der Waals surface area contributed by atoms with Crippen LogP contribution in [0.1, 0.15) is 72.7 Å². The lowest BCUT2D eigenvalue weighted by Gasteiger charge is -2.28. The Morgan fingerprint density at radius 2 is 1.57 bits per heavy atom. The van der Waals surface area contributed by atoms with E-state index >= 15 is 0 Å². The Morgan fingerprint density at radius 3 is 2.27 bits per heavy atom. The van der Waals surface area contributed by atoms with E-state index in [2.05, 4.69) is 71.5 Å². The van der Waals surface area contributed by atoms with Crippen molar-refractivity contribution in [1.82, 2.24) is 9.88 Å². The molecule has 2 atom stereocenters. The molecule has 0 bridgehead atoms. The molecular weight excluding hydrogens is 456 g/mol. The second kappa shape index (κ2) is 11.8. The van der Waals surface area contributed by atoms with Crippen LogP contribution in [0, 0.1) is 12.8 Å². The number of hydrogen-bond acceptors (Lipinski definition) is 2. The topological polar surface area (TPSA) is 54.3 Å². The predicted molar refractivity (Wildman–Crippen MR) is 151 cm³/mol. The number of aryl methyl sites for hydroxylation is 1. The van der Waals surface area contributed by atoms with Crippen molar-refractivity contribution >= 4 is 16.8 Å². The molecular formula is C33H38N2O2. The maximum atomic E-state index is 13.8. The van der Waals surface area contributed by atoms with Crippen LogP contribution in [-0.4, -0.2) is 22.2 Å². The van der Waals surface area contributed by atoms with Crippen molar-refractivity contribution in [3.63, 3.8) is 0 Å². The van der Waals surface area contributed by atoms with E-state index in [4.69, 9.17) is 0 Å². The molecule has 4 aromatic rings. The lowest BCUT2D eigenvalue weighted by Crippen LogP contribution is -2.37. The third-order valence-electron chi connectivity index (χ3n) is 8.03. The second-order valence-electron chi connectivity index (χ2n) is 10.6. The van der Waals surface area contributed by atoms with Crippen LogP contribution in [-0.2, 0) is 11.3 Å². The van der Waals surface area contributed by atoms with Gasteiger partial charge in [0.2, 0.25) is 5.91 Å². The summed E-state index contributed by atoms with van der Waals surface area (Å²) in [5.41, 5.74) is 5.76. The molecule has 0 saturated heterocycles. The summed E-state index contributed by atoms with van der Waals surface area (Å²) in [6, 6.07) is 26.6. The van der Waals surface area contributed by atoms with Crippen LogP contribution in [0.4, 0.5) is 0 Å². The molecule has 1 unspecified atom stereocenters. The standard InChI is InChI=1S/C33H38N2O2/c1-24-21-35(31-16-10-9-15-29(24)31)22-25-17-19-28(20-18-25)32(27-13-5-2-3-6-14-27)33(37)34-30(23-36)26-11-7-4-8-12-26/h4,7-12,15-21,27,30,32,36H,2-3,5-6,13-14,22-23H2,1H3,(H,34,37)/t30-,32?/m0/s1. The van der Waals surface area contributed by atoms with E-state index in [1.54, 1.807) is 0 Å². The summed E-state index contributed by atoms with van der Waals surface area (Å²) >= 11 is 0. The number of aliphatic hydroxyl groups is 1. The van der Waals surface area contributed by atoms with Crippen LogP contribution in [0.2, 0.25) is 0 Å². The first-order chi connectivity index (χ1) is 18.1. The first-order valence-corrected chi connectivity index (χ1v) is 13.7. The Balaban J connectivity index is 1.39. The highest BCUT2D eigenvalue weighted by atomic mass is 16.3. The zero-order valence-corrected chi connectivity index (χ0v) is 21.8. The Hall–Kier alpha value is -3.37. The van der Waals surface area contributed by atoms with E-state index in [1.807, 2.05) is 30.3 Å². The van der Waals surface area contributed by atoms with E-state index in [-0.39, 0.29) is 18.4 Å². The van der Waals surface area contributed by atoms with Gasteiger partial charge in [-0.1, -0.05) is 98.5 Å². The fourth-order valence-corrected chi connectivity index (χ4v) is 6.05. The lowest BCUT2D eigenvalue weighted by molar-refractivity contribution is -0.125. The Kier molecular flexibility index (Phi) is 8.05. The number of rotatable bonds is 8. The molecule has 192 valence electrons. The highest BCUT2D eigenvalue weighted by Gasteiger charge is 2.31. The SMILES string of the molecule is Cc1cn(Cc2ccc(C(C(=O)N[C@@H](CO)c3ccccc3)C3CCCCCC3)cc2)c2ccccc12. The van der Waals surface area contributed by atoms with E-state index in [0.717, 1.165) is 30.5 Å². The molecule has 4 heteroatoms. The van der Waals surface area contributed by atoms with Gasteiger partial charge >= 0.3 is 0 Å². The van der Waals surface area contributed by atoms with Gasteiger partial charge in [-0.15, -0.1) is 0 Å². The van der Waals surface area contributed by atoms with Gasteiger partial charge in [0.15, 0.2) is 0 Å². The molecule has 1 fully saturated rings. The van der Waals surface area contributed by atoms with Crippen LogP contribution >= 0.6 is 0 Å². The van der Waals surface area contributed by atoms with Crippen molar-refractivity contribution in [2.75, 3.05) is 6.61 Å². The average Bonchev–Trinajstić information content (AvgIpc) is 3.08. The average molecular weight is 495 g/mol. The smallest absolute Gasteiger partial charge is 0.228 e. The van der Waals surface area contributed by atoms with Crippen molar-refractivity contribution in [3.8, 4) is 0 Å². The van der Waals surface area contributed by atoms with Gasteiger partial charge in [-0.3, -0.25) is 4.79 Å². The zero-order chi connectivity index (χ0) is 25.6. The number of para-hydroxylation sites is 1. The molecule has 1 amide bonds. The molecule has 37 heavy (non-hydrogen) atoms. The van der Waals surface area contributed by atoms with E-state index in [0.29, 0.717) is 5.92 Å². The van der Waals surface area contributed by atoms with Gasteiger partial charge in [0.1, 0.15) is 0 Å². The quantitative estimate of drug-likeness (QED) is 0.262. The van der Waals surface area contributed by atoms with Gasteiger partial charge in [0.05, 0.1) is 18.6 Å². The minimum Gasteiger partial charge on any atom is -0.394 e. The predicted octanol–water partition coefficient (Wildman–Crippen LogP) is 6.90. The van der Waals surface area contributed by atoms with Gasteiger partial charge in [0, 0.05) is 23.6 Å². The highest BCUT2D eigenvalue weighted by Crippen LogP contribution is 2.36. The molecule has 1 aliphatic rings. The molecule has 3 aromatic carbocycles. The van der Waals surface area contributed by atoms with Gasteiger partial charge in [-0.25, -0.2) is 0 Å². The normalized spacial score (nSPS) is 16.3. The number of nitrogens with zero attached hydrogens (tertiary/aromatic N) is 1. The van der Waals surface area contributed by atoms with Gasteiger partial charge in [-0.05, 0) is 54.0 Å². The number of aliphatic hydroxyl groups excluding tert-OH is 1. The lowest BCUT2D eigenvalue weighted by atomic mass is 9.80. The third-order valence-corrected chi connectivity index (χ3v) is 8.03. The van der Waals surface area contributed by atoms with Crippen molar-refractivity contribution < 1.29 is 9.90 Å². The highest BCUT2D eigenvalue weighted by molar-refractivity contribution is 5.85. The summed E-state index contributed by atoms with van der Waals surface area (Å²) in [6.45, 7) is 2.85. The zero-order valence-electron chi connectivity index (χ0n) is 21.8. The van der Waals surface area contributed by atoms with Crippen LogP contribution in [0.5, 0.6) is 0 Å². The summed E-state index contributed by atoms with van der Waals surface area (Å²) in [7, 11) is 0. The van der Waals surface area contributed by atoms with E-state index in [9.17, 15) is 9.90 Å². The van der Waals surface area contributed by atoms with Gasteiger partial charge < -0.3 is 15.0 Å². The van der Waals surface area contributed by atoms with Gasteiger partial charge in [-0.2, -0.15) is 0 Å². The Labute approximate surface area is 220 Å². The Bertz CT molecular complexity index is 1300. The molecule has 1 aliphatic carbocycles. The number of benzene rings is 3. The van der Waals surface area contributed by atoms with E-state index < -0.39 is 6.04 Å². The number of aromatic nitrogens is 1. The monoisotopic (exact) mass is 494 g/mol. The minimum atomic E-state index is -0.397. The number of nitrogens with one attached hydrogen (secondary N) is 1. The number of fused-ring (bicyclic) bond motifs is 1. The maximum absolute atomic E-state index is 13.8. The fourth-order valence-electron chi connectivity index (χ4n) is 6.05. The second-order valence-corrected chi connectivity index (χ2v) is 10.6. The van der Waals surface area contributed by atoms with Crippen molar-refractivity contribution in [2.24, 2.45) is 5.92 Å². The summed E-state index contributed by atoms with van der Waals surface area (Å²) in [5.74, 6) is 0.133. The van der Waals surface area contributed by atoms with Crippen LogP contribution in [0.15, 0.2) is 85.1 Å². The van der Waals surface area contributed by atoms with Crippen molar-refractivity contribution in [1.29, 1.82) is 0 Å². The summed E-state index contributed by atoms with van der Waals surface area (Å²) in [6.07, 6.45) is 9.21. The molecule has 0 aliphatic heterocycles. The number of carbonyl (C=O) groups is 1. The molecule has 2 N–H and O–H groups in total. The molecule has 1 saturated carbocycles. The summed E-state index contributed by atoms with van der Waals surface area (Å²) in [5, 5.41) is 14.5. The molecule has 0 spiro atoms. The van der Waals surface area contributed by atoms with Gasteiger partial charge in [0.25, 0.3) is 0 Å². The van der Waals surface area contributed by atoms with Crippen molar-refractivity contribution in [2.45, 2.75) is 64.0 Å². The number of amides is 1. The van der Waals surface area contributed by atoms with Crippen LogP contribution in [0.3, 0.4) is 0 Å². The molecule has 1 aromatic heterocycles. The molecule has 4 nitrogen and oxygen atoms in total. The number of carbonyl (C=O) groups excluding carboxylic acids is 1. The first kappa shape index (κ1) is 25.3. The Morgan fingerprint density at radius 1 is 0.892 bits per heavy atom. The third kappa shape index (κ3) is 5.80. The van der Waals surface area contributed by atoms with Crippen LogP contribution < -0.4 is 5.32 Å². The van der Waals surface area contributed by atoms with Crippen LogP contribution in [0.25, 0.3) is 10.9 Å². The fraction of sp³-hybridized carbons (Fsp3) is 0.364. The van der Waals surface area contributed by atoms with E-state index in [1.165, 1.54) is 47.7 Å². The minimum absolute atomic E-state index is 0.0228.